The molecule has 2 aromatic carbocycles. The van der Waals surface area contributed by atoms with Crippen LogP contribution in [0, 0.1) is 0 Å². The van der Waals surface area contributed by atoms with E-state index in [0.29, 0.717) is 17.4 Å². The van der Waals surface area contributed by atoms with Gasteiger partial charge < -0.3 is 10.1 Å². The Bertz CT molecular complexity index is 1330. The average Bonchev–Trinajstić information content (AvgIpc) is 3.16. The van der Waals surface area contributed by atoms with Gasteiger partial charge in [-0.3, -0.25) is 9.69 Å². The van der Waals surface area contributed by atoms with Gasteiger partial charge >= 0.3 is 12.4 Å². The van der Waals surface area contributed by atoms with Crippen LogP contribution in [0.1, 0.15) is 61.3 Å². The lowest BCUT2D eigenvalue weighted by Gasteiger charge is -2.29. The molecular formula is C27H31F6N3O4S. The van der Waals surface area contributed by atoms with Crippen LogP contribution in [0.3, 0.4) is 0 Å². The minimum Gasteiger partial charge on any atom is -0.493 e. The van der Waals surface area contributed by atoms with Crippen LogP contribution in [-0.2, 0) is 27.5 Å². The highest BCUT2D eigenvalue weighted by atomic mass is 32.2. The molecular weight excluding hydrogens is 576 g/mol. The second-order valence-electron chi connectivity index (χ2n) is 10.3. The lowest BCUT2D eigenvalue weighted by atomic mass is 9.98. The van der Waals surface area contributed by atoms with Crippen molar-refractivity contribution in [1.82, 2.24) is 14.9 Å². The quantitative estimate of drug-likeness (QED) is 0.397. The monoisotopic (exact) mass is 607 g/mol. The number of likely N-dealkylation sites (tertiary alicyclic amines) is 1. The summed E-state index contributed by atoms with van der Waals surface area (Å²) < 4.78 is 113. The van der Waals surface area contributed by atoms with Crippen LogP contribution >= 0.6 is 0 Å². The normalized spacial score (nSPS) is 19.5. The molecule has 0 bridgehead atoms. The number of sulfonamides is 1. The summed E-state index contributed by atoms with van der Waals surface area (Å²) in [4.78, 5) is 14.1. The molecule has 1 saturated heterocycles. The van der Waals surface area contributed by atoms with E-state index in [1.807, 2.05) is 12.1 Å². The Morgan fingerprint density at radius 2 is 1.71 bits per heavy atom. The Labute approximate surface area is 234 Å². The third-order valence-corrected chi connectivity index (χ3v) is 8.58. The van der Waals surface area contributed by atoms with Crippen molar-refractivity contribution in [1.29, 1.82) is 0 Å². The van der Waals surface area contributed by atoms with E-state index in [1.54, 1.807) is 6.07 Å². The molecule has 0 unspecified atom stereocenters. The minimum absolute atomic E-state index is 0.218. The molecule has 0 radical (unpaired) electrons. The number of nitrogens with one attached hydrogen (secondary N) is 2. The van der Waals surface area contributed by atoms with Gasteiger partial charge in [0.25, 0.3) is 0 Å². The molecule has 1 fully saturated rings. The molecule has 7 nitrogen and oxygen atoms in total. The number of amides is 1. The predicted molar refractivity (Wildman–Crippen MR) is 137 cm³/mol. The van der Waals surface area contributed by atoms with Crippen molar-refractivity contribution < 1.29 is 44.3 Å². The fraction of sp³-hybridized carbons (Fsp3) is 0.519. The molecule has 2 N–H and O–H groups in total. The summed E-state index contributed by atoms with van der Waals surface area (Å²) in [6.45, 7) is 2.94. The van der Waals surface area contributed by atoms with Gasteiger partial charge in [-0.1, -0.05) is 31.0 Å². The molecule has 0 spiro atoms. The van der Waals surface area contributed by atoms with Crippen LogP contribution in [0.5, 0.6) is 5.75 Å². The van der Waals surface area contributed by atoms with Crippen LogP contribution in [0.25, 0.3) is 0 Å². The summed E-state index contributed by atoms with van der Waals surface area (Å²) in [7, 11) is -5.05. The first-order valence-corrected chi connectivity index (χ1v) is 14.7. The lowest BCUT2D eigenvalue weighted by molar-refractivity contribution is -0.158. The van der Waals surface area contributed by atoms with Gasteiger partial charge in [0.05, 0.1) is 29.5 Å². The molecule has 2 heterocycles. The van der Waals surface area contributed by atoms with Crippen molar-refractivity contribution >= 4 is 15.9 Å². The fourth-order valence-corrected chi connectivity index (χ4v) is 6.26. The summed E-state index contributed by atoms with van der Waals surface area (Å²) in [5.74, 6) is -0.558. The van der Waals surface area contributed by atoms with Crippen molar-refractivity contribution in [3.63, 3.8) is 0 Å². The van der Waals surface area contributed by atoms with Crippen molar-refractivity contribution in [2.45, 2.75) is 74.4 Å². The maximum absolute atomic E-state index is 13.8. The number of hydrogen-bond acceptors (Lipinski definition) is 5. The van der Waals surface area contributed by atoms with E-state index in [9.17, 15) is 39.6 Å². The Hall–Kier alpha value is -2.84. The number of fused-ring (bicyclic) bond motifs is 1. The van der Waals surface area contributed by atoms with Crippen molar-refractivity contribution in [2.24, 2.45) is 0 Å². The zero-order chi connectivity index (χ0) is 29.8. The van der Waals surface area contributed by atoms with Crippen LogP contribution in [0.2, 0.25) is 0 Å². The predicted octanol–water partition coefficient (Wildman–Crippen LogP) is 5.32. The standard InChI is InChI=1S/C27H31F6N3O4S/c28-26(29,30)19-6-5-7-20(15-19)41(38,39)35-24(27(31,32)33)16-25(37)34-22-10-13-40-23-14-18(8-9-21(22)23)17-36-11-3-1-2-4-12-36/h5-9,14-15,22,24,35H,1-4,10-13,16-17H2,(H,34,37)/t22-,24+/m1/s1. The Kier molecular flexibility index (Phi) is 9.54. The summed E-state index contributed by atoms with van der Waals surface area (Å²) >= 11 is 0. The molecule has 2 aromatic rings. The fourth-order valence-electron chi connectivity index (χ4n) is 4.99. The third kappa shape index (κ3) is 8.35. The topological polar surface area (TPSA) is 87.7 Å². The van der Waals surface area contributed by atoms with Crippen LogP contribution in [0.15, 0.2) is 47.4 Å². The lowest BCUT2D eigenvalue weighted by Crippen LogP contribution is -2.48. The van der Waals surface area contributed by atoms with E-state index in [0.717, 1.165) is 50.2 Å². The van der Waals surface area contributed by atoms with Gasteiger partial charge in [-0.2, -0.15) is 31.1 Å². The van der Waals surface area contributed by atoms with Crippen molar-refractivity contribution in [2.75, 3.05) is 19.7 Å². The first-order chi connectivity index (χ1) is 19.2. The van der Waals surface area contributed by atoms with Gasteiger partial charge in [0.15, 0.2) is 0 Å². The number of rotatable bonds is 8. The molecule has 0 aromatic heterocycles. The summed E-state index contributed by atoms with van der Waals surface area (Å²) in [6, 6.07) is 4.33. The van der Waals surface area contributed by atoms with E-state index in [2.05, 4.69) is 10.2 Å². The van der Waals surface area contributed by atoms with Crippen LogP contribution in [0.4, 0.5) is 26.3 Å². The number of carbonyl (C=O) groups is 1. The smallest absolute Gasteiger partial charge is 0.416 e. The molecule has 14 heteroatoms. The Morgan fingerprint density at radius 1 is 1.00 bits per heavy atom. The molecule has 1 amide bonds. The first kappa shape index (κ1) is 31.1. The summed E-state index contributed by atoms with van der Waals surface area (Å²) in [5.41, 5.74) is 0.269. The van der Waals surface area contributed by atoms with E-state index < -0.39 is 57.2 Å². The Morgan fingerprint density at radius 3 is 2.37 bits per heavy atom. The average molecular weight is 608 g/mol. The largest absolute Gasteiger partial charge is 0.493 e. The highest BCUT2D eigenvalue weighted by Gasteiger charge is 2.44. The molecule has 2 aliphatic rings. The second kappa shape index (κ2) is 12.6. The molecule has 0 aliphatic carbocycles. The highest BCUT2D eigenvalue weighted by molar-refractivity contribution is 7.89. The SMILES string of the molecule is O=C(C[C@H](NS(=O)(=O)c1cccc(C(F)(F)F)c1)C(F)(F)F)N[C@@H]1CCOc2cc(CN3CCCCCC3)ccc21. The first-order valence-electron chi connectivity index (χ1n) is 13.3. The van der Waals surface area contributed by atoms with E-state index in [-0.39, 0.29) is 19.1 Å². The van der Waals surface area contributed by atoms with E-state index in [4.69, 9.17) is 4.74 Å². The van der Waals surface area contributed by atoms with E-state index in [1.165, 1.54) is 17.6 Å². The molecule has 226 valence electrons. The maximum Gasteiger partial charge on any atom is 0.416 e. The number of carbonyl (C=O) groups excluding carboxylic acids is 1. The zero-order valence-corrected chi connectivity index (χ0v) is 22.8. The van der Waals surface area contributed by atoms with Crippen LogP contribution in [-0.4, -0.2) is 51.1 Å². The van der Waals surface area contributed by atoms with Gasteiger partial charge in [0.1, 0.15) is 11.8 Å². The molecule has 2 atom stereocenters. The highest BCUT2D eigenvalue weighted by Crippen LogP contribution is 2.34. The summed E-state index contributed by atoms with van der Waals surface area (Å²) in [6.07, 6.45) is -6.45. The number of hydrogen-bond donors (Lipinski definition) is 2. The van der Waals surface area contributed by atoms with Gasteiger partial charge in [0, 0.05) is 18.5 Å². The zero-order valence-electron chi connectivity index (χ0n) is 22.0. The number of alkyl halides is 6. The van der Waals surface area contributed by atoms with Gasteiger partial charge in [-0.15, -0.1) is 0 Å². The minimum atomic E-state index is -5.19. The number of halogens is 6. The van der Waals surface area contributed by atoms with Gasteiger partial charge in [-0.05, 0) is 55.8 Å². The number of benzene rings is 2. The van der Waals surface area contributed by atoms with E-state index >= 15 is 0 Å². The summed E-state index contributed by atoms with van der Waals surface area (Å²) in [5, 5.41) is 2.53. The third-order valence-electron chi connectivity index (χ3n) is 7.11. The molecule has 2 aliphatic heterocycles. The molecule has 4 rings (SSSR count). The maximum atomic E-state index is 13.8. The van der Waals surface area contributed by atoms with Gasteiger partial charge in [0.2, 0.25) is 15.9 Å². The van der Waals surface area contributed by atoms with Gasteiger partial charge in [-0.25, -0.2) is 8.42 Å². The molecule has 0 saturated carbocycles. The van der Waals surface area contributed by atoms with Crippen LogP contribution < -0.4 is 14.8 Å². The second-order valence-corrected chi connectivity index (χ2v) is 12.0. The van der Waals surface area contributed by atoms with Crippen molar-refractivity contribution in [3.05, 3.63) is 59.2 Å². The van der Waals surface area contributed by atoms with Crippen molar-refractivity contribution in [3.8, 4) is 5.75 Å². The molecule has 41 heavy (non-hydrogen) atoms. The number of nitrogens with zero attached hydrogens (tertiary/aromatic N) is 1. The Balaban J connectivity index is 1.44. The number of ether oxygens (including phenoxy) is 1.